The van der Waals surface area contributed by atoms with E-state index >= 15 is 0 Å². The van der Waals surface area contributed by atoms with Gasteiger partial charge in [0.25, 0.3) is 5.91 Å². The summed E-state index contributed by atoms with van der Waals surface area (Å²) in [6.07, 6.45) is 2.24. The van der Waals surface area contributed by atoms with Gasteiger partial charge in [0.2, 0.25) is 0 Å². The topological polar surface area (TPSA) is 49.3 Å². The normalized spacial score (nSPS) is 23.7. The van der Waals surface area contributed by atoms with Gasteiger partial charge >= 0.3 is 0 Å². The highest BCUT2D eigenvalue weighted by Gasteiger charge is 2.23. The van der Waals surface area contributed by atoms with E-state index in [4.69, 9.17) is 0 Å². The van der Waals surface area contributed by atoms with E-state index in [1.165, 1.54) is 12.1 Å². The van der Waals surface area contributed by atoms with Crippen LogP contribution in [0.4, 0.5) is 8.78 Å². The molecule has 5 heteroatoms. The molecule has 0 radical (unpaired) electrons. The van der Waals surface area contributed by atoms with Crippen molar-refractivity contribution in [2.24, 2.45) is 0 Å². The van der Waals surface area contributed by atoms with Gasteiger partial charge in [0.05, 0.1) is 11.7 Å². The number of nitrogens with one attached hydrogen (secondary N) is 1. The van der Waals surface area contributed by atoms with Gasteiger partial charge in [-0.15, -0.1) is 0 Å². The Balaban J connectivity index is 2.01. The molecule has 0 spiro atoms. The third-order valence-electron chi connectivity index (χ3n) is 3.23. The first-order chi connectivity index (χ1) is 8.58. The summed E-state index contributed by atoms with van der Waals surface area (Å²) in [6, 6.07) is 3.45. The Morgan fingerprint density at radius 1 is 1.22 bits per heavy atom. The van der Waals surface area contributed by atoms with Crippen molar-refractivity contribution in [3.05, 3.63) is 35.4 Å². The molecule has 18 heavy (non-hydrogen) atoms. The maximum Gasteiger partial charge on any atom is 0.254 e. The fraction of sp³-hybridized carbons (Fsp3) is 0.462. The van der Waals surface area contributed by atoms with E-state index < -0.39 is 17.5 Å². The zero-order chi connectivity index (χ0) is 13.1. The molecule has 0 heterocycles. The molecule has 3 nitrogen and oxygen atoms in total. The third-order valence-corrected chi connectivity index (χ3v) is 3.23. The third kappa shape index (κ3) is 2.85. The van der Waals surface area contributed by atoms with Crippen LogP contribution >= 0.6 is 0 Å². The summed E-state index contributed by atoms with van der Waals surface area (Å²) in [5, 5.41) is 12.0. The first-order valence-corrected chi connectivity index (χ1v) is 6.01. The number of aliphatic hydroxyl groups excluding tert-OH is 1. The summed E-state index contributed by atoms with van der Waals surface area (Å²) in [5.41, 5.74) is -0.277. The number of aliphatic hydroxyl groups is 1. The molecule has 0 unspecified atom stereocenters. The van der Waals surface area contributed by atoms with Crippen LogP contribution in [-0.4, -0.2) is 23.2 Å². The standard InChI is InChI=1S/C13H15F2NO2/c14-11-3-1-2-10(12(11)15)13(18)16-8-4-6-9(17)7-5-8/h1-3,8-9,17H,4-7H2,(H,16,18). The average Bonchev–Trinajstić information content (AvgIpc) is 2.35. The van der Waals surface area contributed by atoms with Gasteiger partial charge in [-0.3, -0.25) is 4.79 Å². The molecule has 1 aromatic rings. The molecular weight excluding hydrogens is 240 g/mol. The molecule has 2 N–H and O–H groups in total. The number of halogens is 2. The van der Waals surface area contributed by atoms with Crippen LogP contribution < -0.4 is 5.32 Å². The number of benzene rings is 1. The van der Waals surface area contributed by atoms with Crippen LogP contribution in [0.5, 0.6) is 0 Å². The van der Waals surface area contributed by atoms with Gasteiger partial charge in [-0.05, 0) is 37.8 Å². The van der Waals surface area contributed by atoms with Crippen LogP contribution in [0, 0.1) is 11.6 Å². The van der Waals surface area contributed by atoms with E-state index in [0.717, 1.165) is 6.07 Å². The van der Waals surface area contributed by atoms with Crippen molar-refractivity contribution in [2.75, 3.05) is 0 Å². The fourth-order valence-electron chi connectivity index (χ4n) is 2.16. The van der Waals surface area contributed by atoms with Gasteiger partial charge in [-0.25, -0.2) is 8.78 Å². The Morgan fingerprint density at radius 2 is 1.89 bits per heavy atom. The number of carbonyl (C=O) groups is 1. The molecule has 0 aliphatic heterocycles. The maximum atomic E-state index is 13.4. The minimum absolute atomic E-state index is 0.0800. The van der Waals surface area contributed by atoms with Gasteiger partial charge < -0.3 is 10.4 Å². The van der Waals surface area contributed by atoms with E-state index in [1.54, 1.807) is 0 Å². The monoisotopic (exact) mass is 255 g/mol. The molecule has 98 valence electrons. The van der Waals surface area contributed by atoms with Crippen LogP contribution in [0.1, 0.15) is 36.0 Å². The van der Waals surface area contributed by atoms with Gasteiger partial charge in [0.1, 0.15) is 0 Å². The number of hydrogen-bond acceptors (Lipinski definition) is 2. The van der Waals surface area contributed by atoms with Crippen molar-refractivity contribution in [1.29, 1.82) is 0 Å². The highest BCUT2D eigenvalue weighted by atomic mass is 19.2. The first-order valence-electron chi connectivity index (χ1n) is 6.01. The summed E-state index contributed by atoms with van der Waals surface area (Å²) >= 11 is 0. The molecule has 1 fully saturated rings. The second-order valence-electron chi connectivity index (χ2n) is 4.58. The minimum atomic E-state index is -1.12. The van der Waals surface area contributed by atoms with Crippen LogP contribution in [0.25, 0.3) is 0 Å². The Kier molecular flexibility index (Phi) is 3.91. The summed E-state index contributed by atoms with van der Waals surface area (Å²) in [7, 11) is 0. The summed E-state index contributed by atoms with van der Waals surface area (Å²) in [6.45, 7) is 0. The lowest BCUT2D eigenvalue weighted by atomic mass is 9.93. The average molecular weight is 255 g/mol. The Bertz CT molecular complexity index is 443. The lowest BCUT2D eigenvalue weighted by Crippen LogP contribution is -2.39. The Hall–Kier alpha value is -1.49. The van der Waals surface area contributed by atoms with E-state index in [9.17, 15) is 18.7 Å². The zero-order valence-electron chi connectivity index (χ0n) is 9.83. The van der Waals surface area contributed by atoms with E-state index in [2.05, 4.69) is 5.32 Å². The smallest absolute Gasteiger partial charge is 0.254 e. The molecule has 0 bridgehead atoms. The fourth-order valence-corrected chi connectivity index (χ4v) is 2.16. The van der Waals surface area contributed by atoms with E-state index in [1.807, 2.05) is 0 Å². The molecule has 0 saturated heterocycles. The molecule has 1 aromatic carbocycles. The number of amides is 1. The van der Waals surface area contributed by atoms with Crippen LogP contribution in [0.3, 0.4) is 0 Å². The van der Waals surface area contributed by atoms with Crippen molar-refractivity contribution in [1.82, 2.24) is 5.32 Å². The van der Waals surface area contributed by atoms with Crippen molar-refractivity contribution in [3.63, 3.8) is 0 Å². The number of rotatable bonds is 2. The lowest BCUT2D eigenvalue weighted by Gasteiger charge is -2.26. The highest BCUT2D eigenvalue weighted by Crippen LogP contribution is 2.19. The Morgan fingerprint density at radius 3 is 2.56 bits per heavy atom. The molecule has 0 aromatic heterocycles. The van der Waals surface area contributed by atoms with Gasteiger partial charge in [-0.2, -0.15) is 0 Å². The molecule has 1 aliphatic carbocycles. The van der Waals surface area contributed by atoms with Gasteiger partial charge in [0.15, 0.2) is 11.6 Å². The van der Waals surface area contributed by atoms with Crippen LogP contribution in [0.15, 0.2) is 18.2 Å². The predicted octanol–water partition coefficient (Wildman–Crippen LogP) is 2.00. The molecular formula is C13H15F2NO2. The Labute approximate surface area is 104 Å². The SMILES string of the molecule is O=C(NC1CCC(O)CC1)c1cccc(F)c1F. The van der Waals surface area contributed by atoms with Gasteiger partial charge in [0, 0.05) is 6.04 Å². The van der Waals surface area contributed by atoms with E-state index in [-0.39, 0.29) is 17.7 Å². The van der Waals surface area contributed by atoms with Crippen molar-refractivity contribution in [3.8, 4) is 0 Å². The largest absolute Gasteiger partial charge is 0.393 e. The summed E-state index contributed by atoms with van der Waals surface area (Å²) in [5.74, 6) is -2.75. The summed E-state index contributed by atoms with van der Waals surface area (Å²) in [4.78, 5) is 11.8. The molecule has 0 atom stereocenters. The highest BCUT2D eigenvalue weighted by molar-refractivity contribution is 5.94. The van der Waals surface area contributed by atoms with Crippen LogP contribution in [0.2, 0.25) is 0 Å². The van der Waals surface area contributed by atoms with E-state index in [0.29, 0.717) is 25.7 Å². The quantitative estimate of drug-likeness (QED) is 0.849. The summed E-state index contributed by atoms with van der Waals surface area (Å²) < 4.78 is 26.4. The molecule has 2 rings (SSSR count). The maximum absolute atomic E-state index is 13.4. The van der Waals surface area contributed by atoms with Crippen molar-refractivity contribution in [2.45, 2.75) is 37.8 Å². The second kappa shape index (κ2) is 5.44. The number of hydrogen-bond donors (Lipinski definition) is 2. The molecule has 1 aliphatic rings. The lowest BCUT2D eigenvalue weighted by molar-refractivity contribution is 0.0863. The zero-order valence-corrected chi connectivity index (χ0v) is 9.83. The second-order valence-corrected chi connectivity index (χ2v) is 4.58. The first kappa shape index (κ1) is 13.0. The van der Waals surface area contributed by atoms with Crippen molar-refractivity contribution >= 4 is 5.91 Å². The van der Waals surface area contributed by atoms with Gasteiger partial charge in [-0.1, -0.05) is 6.07 Å². The van der Waals surface area contributed by atoms with Crippen LogP contribution in [-0.2, 0) is 0 Å². The van der Waals surface area contributed by atoms with Crippen molar-refractivity contribution < 1.29 is 18.7 Å². The minimum Gasteiger partial charge on any atom is -0.393 e. The predicted molar refractivity (Wildman–Crippen MR) is 62.1 cm³/mol. The molecule has 1 saturated carbocycles. The number of carbonyl (C=O) groups excluding carboxylic acids is 1. The molecule has 1 amide bonds.